The van der Waals surface area contributed by atoms with Gasteiger partial charge in [-0.05, 0) is 55.6 Å². The second kappa shape index (κ2) is 9.30. The van der Waals surface area contributed by atoms with Crippen molar-refractivity contribution < 1.29 is 14.3 Å². The molecule has 0 bridgehead atoms. The van der Waals surface area contributed by atoms with E-state index in [1.165, 1.54) is 30.6 Å². The third-order valence-electron chi connectivity index (χ3n) is 4.58. The number of rotatable bonds is 4. The number of thiocarbonyl (C=S) groups is 1. The molecular formula is C19H19Cl2N3O3S2. The molecule has 10 heteroatoms. The van der Waals surface area contributed by atoms with E-state index in [4.69, 9.17) is 45.9 Å². The van der Waals surface area contributed by atoms with Gasteiger partial charge in [-0.1, -0.05) is 29.6 Å². The number of hydrogen-bond acceptors (Lipinski definition) is 5. The van der Waals surface area contributed by atoms with Gasteiger partial charge in [0.15, 0.2) is 5.11 Å². The van der Waals surface area contributed by atoms with Crippen molar-refractivity contribution in [2.24, 2.45) is 5.73 Å². The molecule has 0 aliphatic heterocycles. The highest BCUT2D eigenvalue weighted by Gasteiger charge is 2.24. The van der Waals surface area contributed by atoms with Gasteiger partial charge in [-0.2, -0.15) is 0 Å². The summed E-state index contributed by atoms with van der Waals surface area (Å²) in [4.78, 5) is 25.9. The molecule has 0 spiro atoms. The van der Waals surface area contributed by atoms with Gasteiger partial charge in [0.2, 0.25) is 0 Å². The molecule has 0 unspecified atom stereocenters. The highest BCUT2D eigenvalue weighted by atomic mass is 35.5. The fourth-order valence-electron chi connectivity index (χ4n) is 3.33. The fourth-order valence-corrected chi connectivity index (χ4v) is 5.46. The quantitative estimate of drug-likeness (QED) is 0.448. The van der Waals surface area contributed by atoms with Crippen LogP contribution in [-0.2, 0) is 12.8 Å². The molecule has 0 atom stereocenters. The fraction of sp³-hybridized carbons (Fsp3) is 0.316. The van der Waals surface area contributed by atoms with Crippen LogP contribution in [-0.4, -0.2) is 24.0 Å². The van der Waals surface area contributed by atoms with Crippen LogP contribution in [0.4, 0.5) is 5.00 Å². The first-order chi connectivity index (χ1) is 13.8. The van der Waals surface area contributed by atoms with Crippen LogP contribution in [0.1, 0.15) is 50.4 Å². The van der Waals surface area contributed by atoms with Crippen LogP contribution in [0.3, 0.4) is 0 Å². The topological polar surface area (TPSA) is 93.4 Å². The lowest BCUT2D eigenvalue weighted by Gasteiger charge is -2.13. The number of nitrogens with two attached hydrogens (primary N) is 1. The maximum absolute atomic E-state index is 12.7. The van der Waals surface area contributed by atoms with Crippen LogP contribution >= 0.6 is 46.8 Å². The first-order valence-electron chi connectivity index (χ1n) is 8.91. The Labute approximate surface area is 187 Å². The molecule has 0 radical (unpaired) electrons. The van der Waals surface area contributed by atoms with Crippen molar-refractivity contribution in [2.45, 2.75) is 32.1 Å². The number of anilines is 1. The average Bonchev–Trinajstić information content (AvgIpc) is 2.81. The summed E-state index contributed by atoms with van der Waals surface area (Å²) in [7, 11) is 1.40. The van der Waals surface area contributed by atoms with Gasteiger partial charge >= 0.3 is 0 Å². The average molecular weight is 472 g/mol. The van der Waals surface area contributed by atoms with Crippen molar-refractivity contribution in [1.29, 1.82) is 0 Å². The number of carbonyl (C=O) groups is 2. The molecule has 0 fully saturated rings. The molecule has 1 aliphatic carbocycles. The minimum Gasteiger partial charge on any atom is -0.494 e. The summed E-state index contributed by atoms with van der Waals surface area (Å²) in [5, 5.41) is 6.60. The van der Waals surface area contributed by atoms with E-state index in [9.17, 15) is 9.59 Å². The molecule has 3 rings (SSSR count). The number of benzene rings is 1. The van der Waals surface area contributed by atoms with Gasteiger partial charge in [-0.3, -0.25) is 14.9 Å². The minimum absolute atomic E-state index is 0.0343. The van der Waals surface area contributed by atoms with Gasteiger partial charge in [-0.15, -0.1) is 11.3 Å². The zero-order valence-corrected chi connectivity index (χ0v) is 18.7. The SMILES string of the molecule is COc1c(Cl)cc(Cl)cc1C(=O)NC(=S)Nc1sc2c(c1C(N)=O)CCCCC2. The number of hydrogen-bond donors (Lipinski definition) is 3. The van der Waals surface area contributed by atoms with Crippen molar-refractivity contribution in [3.63, 3.8) is 0 Å². The molecule has 1 heterocycles. The van der Waals surface area contributed by atoms with Crippen LogP contribution in [0.2, 0.25) is 10.0 Å². The number of methoxy groups -OCH3 is 1. The number of ether oxygens (including phenoxy) is 1. The number of primary amides is 1. The zero-order chi connectivity index (χ0) is 21.1. The number of thiophene rings is 1. The van der Waals surface area contributed by atoms with E-state index in [2.05, 4.69) is 10.6 Å². The van der Waals surface area contributed by atoms with Gasteiger partial charge in [0.05, 0.1) is 23.3 Å². The van der Waals surface area contributed by atoms with E-state index in [1.54, 1.807) is 0 Å². The van der Waals surface area contributed by atoms with Gasteiger partial charge in [0.25, 0.3) is 11.8 Å². The van der Waals surface area contributed by atoms with E-state index >= 15 is 0 Å². The monoisotopic (exact) mass is 471 g/mol. The molecule has 2 amide bonds. The molecule has 154 valence electrons. The van der Waals surface area contributed by atoms with Gasteiger partial charge < -0.3 is 15.8 Å². The predicted molar refractivity (Wildman–Crippen MR) is 121 cm³/mol. The normalized spacial score (nSPS) is 13.2. The molecule has 2 aromatic rings. The van der Waals surface area contributed by atoms with E-state index in [1.807, 2.05) is 0 Å². The third-order valence-corrected chi connectivity index (χ3v) is 6.49. The second-order valence-electron chi connectivity index (χ2n) is 6.51. The van der Waals surface area contributed by atoms with Crippen molar-refractivity contribution in [3.05, 3.63) is 43.7 Å². The Bertz CT molecular complexity index is 992. The Balaban J connectivity index is 1.82. The Kier molecular flexibility index (Phi) is 7.00. The number of halogens is 2. The zero-order valence-electron chi connectivity index (χ0n) is 15.6. The molecular weight excluding hydrogens is 453 g/mol. The predicted octanol–water partition coefficient (Wildman–Crippen LogP) is 4.56. The Morgan fingerprint density at radius 2 is 1.93 bits per heavy atom. The number of nitrogens with one attached hydrogen (secondary N) is 2. The molecule has 0 saturated carbocycles. The maximum atomic E-state index is 12.7. The Morgan fingerprint density at radius 3 is 2.62 bits per heavy atom. The number of amides is 2. The molecule has 1 aromatic heterocycles. The summed E-state index contributed by atoms with van der Waals surface area (Å²) in [5.74, 6) is -0.858. The van der Waals surface area contributed by atoms with Crippen molar-refractivity contribution in [1.82, 2.24) is 5.32 Å². The molecule has 4 N–H and O–H groups in total. The molecule has 29 heavy (non-hydrogen) atoms. The van der Waals surface area contributed by atoms with E-state index in [0.29, 0.717) is 10.6 Å². The van der Waals surface area contributed by atoms with Crippen LogP contribution in [0, 0.1) is 0 Å². The number of carbonyl (C=O) groups excluding carboxylic acids is 2. The number of aryl methyl sites for hydroxylation is 1. The first-order valence-corrected chi connectivity index (χ1v) is 10.9. The van der Waals surface area contributed by atoms with Crippen LogP contribution in [0.25, 0.3) is 0 Å². The lowest BCUT2D eigenvalue weighted by Crippen LogP contribution is -2.34. The standard InChI is InChI=1S/C19H19Cl2N3O3S2/c1-27-15-11(7-9(20)8-12(15)21)17(26)23-19(28)24-18-14(16(22)25)10-5-3-2-4-6-13(10)29-18/h7-8H,2-6H2,1H3,(H2,22,25)(H2,23,24,26,28). The maximum Gasteiger partial charge on any atom is 0.261 e. The van der Waals surface area contributed by atoms with Crippen molar-refractivity contribution in [3.8, 4) is 5.75 Å². The van der Waals surface area contributed by atoms with E-state index in [-0.39, 0.29) is 26.5 Å². The van der Waals surface area contributed by atoms with E-state index in [0.717, 1.165) is 42.5 Å². The van der Waals surface area contributed by atoms with Crippen molar-refractivity contribution in [2.75, 3.05) is 12.4 Å². The summed E-state index contributed by atoms with van der Waals surface area (Å²) in [6.45, 7) is 0. The van der Waals surface area contributed by atoms with Crippen LogP contribution in [0.15, 0.2) is 12.1 Å². The Hall–Kier alpha value is -1.87. The van der Waals surface area contributed by atoms with Crippen LogP contribution < -0.4 is 21.1 Å². The van der Waals surface area contributed by atoms with E-state index < -0.39 is 11.8 Å². The van der Waals surface area contributed by atoms with Crippen molar-refractivity contribution >= 4 is 68.7 Å². The molecule has 6 nitrogen and oxygen atoms in total. The van der Waals surface area contributed by atoms with Gasteiger partial charge in [0.1, 0.15) is 10.8 Å². The van der Waals surface area contributed by atoms with Crippen LogP contribution in [0.5, 0.6) is 5.75 Å². The minimum atomic E-state index is -0.539. The summed E-state index contributed by atoms with van der Waals surface area (Å²) in [5.41, 5.74) is 7.21. The summed E-state index contributed by atoms with van der Waals surface area (Å²) < 4.78 is 5.20. The summed E-state index contributed by atoms with van der Waals surface area (Å²) >= 11 is 18.8. The largest absolute Gasteiger partial charge is 0.494 e. The number of fused-ring (bicyclic) bond motifs is 1. The lowest BCUT2D eigenvalue weighted by molar-refractivity contribution is 0.0972. The Morgan fingerprint density at radius 1 is 1.21 bits per heavy atom. The highest BCUT2D eigenvalue weighted by Crippen LogP contribution is 2.37. The molecule has 1 aliphatic rings. The molecule has 0 saturated heterocycles. The first kappa shape index (κ1) is 21.8. The summed E-state index contributed by atoms with van der Waals surface area (Å²) in [6.07, 6.45) is 4.92. The highest BCUT2D eigenvalue weighted by molar-refractivity contribution is 7.80. The third kappa shape index (κ3) is 4.83. The molecule has 1 aromatic carbocycles. The lowest BCUT2D eigenvalue weighted by atomic mass is 10.1. The van der Waals surface area contributed by atoms with Gasteiger partial charge in [0, 0.05) is 9.90 Å². The summed E-state index contributed by atoms with van der Waals surface area (Å²) in [6, 6.07) is 2.92. The smallest absolute Gasteiger partial charge is 0.261 e. The second-order valence-corrected chi connectivity index (χ2v) is 8.87. The van der Waals surface area contributed by atoms with Gasteiger partial charge in [-0.25, -0.2) is 0 Å².